The molecule has 0 aliphatic heterocycles. The summed E-state index contributed by atoms with van der Waals surface area (Å²) in [6.07, 6.45) is 6.92. The first kappa shape index (κ1) is 13.1. The van der Waals surface area contributed by atoms with Crippen LogP contribution >= 0.6 is 11.3 Å². The number of hydrogen-bond acceptors (Lipinski definition) is 2. The molecule has 2 rings (SSSR count). The fourth-order valence-electron chi connectivity index (χ4n) is 3.03. The summed E-state index contributed by atoms with van der Waals surface area (Å²) in [7, 11) is 0. The minimum absolute atomic E-state index is 0.621. The highest BCUT2D eigenvalue weighted by Gasteiger charge is 2.27. The highest BCUT2D eigenvalue weighted by atomic mass is 32.1. The summed E-state index contributed by atoms with van der Waals surface area (Å²) in [6, 6.07) is 2.96. The van der Waals surface area contributed by atoms with Crippen molar-refractivity contribution in [2.75, 3.05) is 6.54 Å². The number of thiophene rings is 1. The van der Waals surface area contributed by atoms with Crippen molar-refractivity contribution in [3.63, 3.8) is 0 Å². The minimum Gasteiger partial charge on any atom is -0.309 e. The monoisotopic (exact) mass is 251 g/mol. The van der Waals surface area contributed by atoms with E-state index < -0.39 is 0 Å². The number of rotatable bonds is 5. The Labute approximate surface area is 110 Å². The van der Waals surface area contributed by atoms with Gasteiger partial charge in [0, 0.05) is 15.8 Å². The molecule has 0 bridgehead atoms. The molecule has 0 amide bonds. The molecule has 0 radical (unpaired) electrons. The molecule has 0 saturated heterocycles. The van der Waals surface area contributed by atoms with Gasteiger partial charge in [-0.1, -0.05) is 19.8 Å². The highest BCUT2D eigenvalue weighted by Crippen LogP contribution is 2.39. The minimum atomic E-state index is 0.621. The van der Waals surface area contributed by atoms with Gasteiger partial charge < -0.3 is 5.32 Å². The average molecular weight is 251 g/mol. The average Bonchev–Trinajstić information content (AvgIpc) is 2.90. The molecular weight excluding hydrogens is 226 g/mol. The van der Waals surface area contributed by atoms with E-state index in [0.29, 0.717) is 6.04 Å². The fourth-order valence-corrected chi connectivity index (χ4v) is 4.24. The molecule has 1 fully saturated rings. The second-order valence-electron chi connectivity index (χ2n) is 5.38. The van der Waals surface area contributed by atoms with E-state index in [0.717, 1.165) is 12.5 Å². The Hall–Kier alpha value is -0.340. The van der Waals surface area contributed by atoms with E-state index in [2.05, 4.69) is 32.2 Å². The first-order chi connectivity index (χ1) is 8.22. The van der Waals surface area contributed by atoms with Crippen molar-refractivity contribution in [3.8, 4) is 0 Å². The topological polar surface area (TPSA) is 12.0 Å². The normalized spacial score (nSPS) is 18.8. The van der Waals surface area contributed by atoms with Crippen molar-refractivity contribution in [1.29, 1.82) is 0 Å². The second-order valence-corrected chi connectivity index (χ2v) is 6.67. The number of hydrogen-bond donors (Lipinski definition) is 1. The van der Waals surface area contributed by atoms with Crippen molar-refractivity contribution in [1.82, 2.24) is 5.32 Å². The van der Waals surface area contributed by atoms with E-state index in [4.69, 9.17) is 0 Å². The smallest absolute Gasteiger partial charge is 0.0446 e. The quantitative estimate of drug-likeness (QED) is 0.806. The third kappa shape index (κ3) is 3.11. The third-order valence-corrected chi connectivity index (χ3v) is 5.08. The SMILES string of the molecule is CCCNC(c1sc(C)cc1C)C1CCCC1. The van der Waals surface area contributed by atoms with Crippen molar-refractivity contribution in [3.05, 3.63) is 21.4 Å². The summed E-state index contributed by atoms with van der Waals surface area (Å²) in [5.41, 5.74) is 1.49. The molecule has 1 unspecified atom stereocenters. The molecule has 1 atom stereocenters. The first-order valence-corrected chi connectivity index (χ1v) is 7.84. The van der Waals surface area contributed by atoms with Crippen molar-refractivity contribution in [2.24, 2.45) is 5.92 Å². The lowest BCUT2D eigenvalue weighted by Gasteiger charge is -2.24. The molecule has 2 heteroatoms. The standard InChI is InChI=1S/C15H25NS/c1-4-9-16-14(13-7-5-6-8-13)15-11(2)10-12(3)17-15/h10,13-14,16H,4-9H2,1-3H3. The van der Waals surface area contributed by atoms with Crippen LogP contribution < -0.4 is 5.32 Å². The molecule has 0 spiro atoms. The van der Waals surface area contributed by atoms with Crippen LogP contribution in [0.3, 0.4) is 0 Å². The summed E-state index contributed by atoms with van der Waals surface area (Å²) in [4.78, 5) is 3.06. The lowest BCUT2D eigenvalue weighted by atomic mass is 9.95. The predicted molar refractivity (Wildman–Crippen MR) is 76.8 cm³/mol. The van der Waals surface area contributed by atoms with Crippen LogP contribution in [-0.4, -0.2) is 6.54 Å². The van der Waals surface area contributed by atoms with Crippen LogP contribution in [0.2, 0.25) is 0 Å². The maximum Gasteiger partial charge on any atom is 0.0446 e. The molecule has 17 heavy (non-hydrogen) atoms. The zero-order valence-electron chi connectivity index (χ0n) is 11.4. The zero-order valence-corrected chi connectivity index (χ0v) is 12.2. The van der Waals surface area contributed by atoms with E-state index in [1.54, 1.807) is 4.88 Å². The van der Waals surface area contributed by atoms with E-state index in [-0.39, 0.29) is 0 Å². The Kier molecular flexibility index (Phi) is 4.63. The Bertz CT molecular complexity index is 350. The Morgan fingerprint density at radius 1 is 1.35 bits per heavy atom. The Morgan fingerprint density at radius 3 is 2.59 bits per heavy atom. The number of nitrogens with one attached hydrogen (secondary N) is 1. The summed E-state index contributed by atoms with van der Waals surface area (Å²) < 4.78 is 0. The Balaban J connectivity index is 2.16. The summed E-state index contributed by atoms with van der Waals surface area (Å²) in [5, 5.41) is 3.79. The maximum absolute atomic E-state index is 3.79. The van der Waals surface area contributed by atoms with Crippen molar-refractivity contribution in [2.45, 2.75) is 58.9 Å². The molecular formula is C15H25NS. The lowest BCUT2D eigenvalue weighted by Crippen LogP contribution is -2.27. The number of aryl methyl sites for hydroxylation is 2. The third-order valence-electron chi connectivity index (χ3n) is 3.85. The molecule has 1 nitrogen and oxygen atoms in total. The molecule has 0 aromatic carbocycles. The summed E-state index contributed by atoms with van der Waals surface area (Å²) in [5.74, 6) is 0.873. The van der Waals surface area contributed by atoms with Crippen molar-refractivity contribution < 1.29 is 0 Å². The first-order valence-electron chi connectivity index (χ1n) is 7.02. The van der Waals surface area contributed by atoms with E-state index >= 15 is 0 Å². The zero-order chi connectivity index (χ0) is 12.3. The van der Waals surface area contributed by atoms with Gasteiger partial charge in [0.2, 0.25) is 0 Å². The molecule has 1 aliphatic carbocycles. The predicted octanol–water partition coefficient (Wildman–Crippen LogP) is 4.60. The maximum atomic E-state index is 3.79. The van der Waals surface area contributed by atoms with Crippen LogP contribution in [-0.2, 0) is 0 Å². The van der Waals surface area contributed by atoms with Gasteiger partial charge in [-0.15, -0.1) is 11.3 Å². The van der Waals surface area contributed by atoms with E-state index in [1.165, 1.54) is 42.5 Å². The molecule has 1 aromatic heterocycles. The van der Waals surface area contributed by atoms with Gasteiger partial charge in [0.25, 0.3) is 0 Å². The molecule has 1 saturated carbocycles. The van der Waals surface area contributed by atoms with Crippen molar-refractivity contribution >= 4 is 11.3 Å². The Morgan fingerprint density at radius 2 is 2.06 bits per heavy atom. The molecule has 96 valence electrons. The second kappa shape index (κ2) is 6.01. The molecule has 1 aliphatic rings. The van der Waals surface area contributed by atoms with Gasteiger partial charge in [-0.3, -0.25) is 0 Å². The fraction of sp³-hybridized carbons (Fsp3) is 0.733. The van der Waals surface area contributed by atoms with Crippen LogP contribution in [0.1, 0.15) is 60.4 Å². The van der Waals surface area contributed by atoms with Crippen LogP contribution in [0, 0.1) is 19.8 Å². The highest BCUT2D eigenvalue weighted by molar-refractivity contribution is 7.12. The largest absolute Gasteiger partial charge is 0.309 e. The van der Waals surface area contributed by atoms with Gasteiger partial charge in [-0.25, -0.2) is 0 Å². The van der Waals surface area contributed by atoms with Crippen LogP contribution in [0.25, 0.3) is 0 Å². The van der Waals surface area contributed by atoms with E-state index in [1.807, 2.05) is 11.3 Å². The summed E-state index contributed by atoms with van der Waals surface area (Å²) >= 11 is 2.00. The van der Waals surface area contributed by atoms with Gasteiger partial charge in [0.15, 0.2) is 0 Å². The van der Waals surface area contributed by atoms with E-state index in [9.17, 15) is 0 Å². The molecule has 1 aromatic rings. The van der Waals surface area contributed by atoms with Crippen LogP contribution in [0.15, 0.2) is 6.07 Å². The summed E-state index contributed by atoms with van der Waals surface area (Å²) in [6.45, 7) is 7.91. The lowest BCUT2D eigenvalue weighted by molar-refractivity contribution is 0.372. The molecule has 1 N–H and O–H groups in total. The van der Waals surface area contributed by atoms with Gasteiger partial charge in [-0.05, 0) is 57.2 Å². The van der Waals surface area contributed by atoms with Crippen LogP contribution in [0.4, 0.5) is 0 Å². The van der Waals surface area contributed by atoms with Gasteiger partial charge in [-0.2, -0.15) is 0 Å². The van der Waals surface area contributed by atoms with Gasteiger partial charge in [0.1, 0.15) is 0 Å². The molecule has 1 heterocycles. The van der Waals surface area contributed by atoms with Crippen LogP contribution in [0.5, 0.6) is 0 Å². The van der Waals surface area contributed by atoms with Gasteiger partial charge in [0.05, 0.1) is 0 Å². The van der Waals surface area contributed by atoms with Gasteiger partial charge >= 0.3 is 0 Å².